The maximum absolute atomic E-state index is 12.0. The quantitative estimate of drug-likeness (QED) is 0.468. The summed E-state index contributed by atoms with van der Waals surface area (Å²) in [6.45, 7) is 3.77. The van der Waals surface area contributed by atoms with Crippen molar-refractivity contribution in [2.75, 3.05) is 6.61 Å². The Morgan fingerprint density at radius 2 is 2.22 bits per heavy atom. The molecule has 3 unspecified atom stereocenters. The topological polar surface area (TPSA) is 165 Å². The van der Waals surface area contributed by atoms with Gasteiger partial charge in [0.1, 0.15) is 18.3 Å². The molecule has 1 aromatic heterocycles. The zero-order valence-electron chi connectivity index (χ0n) is 12.3. The first-order valence-corrected chi connectivity index (χ1v) is 6.79. The van der Waals surface area contributed by atoms with Gasteiger partial charge in [-0.2, -0.15) is 5.10 Å². The predicted octanol–water partition coefficient (Wildman–Crippen LogP) is 0.551. The van der Waals surface area contributed by atoms with Crippen molar-refractivity contribution in [1.29, 1.82) is 0 Å². The Bertz CT molecular complexity index is 722. The van der Waals surface area contributed by atoms with Crippen LogP contribution in [0.3, 0.4) is 0 Å². The molecule has 0 bridgehead atoms. The highest BCUT2D eigenvalue weighted by atomic mass is 16.8. The maximum Gasteiger partial charge on any atom is 0.269 e. The molecular formula is C12H14N6O5. The van der Waals surface area contributed by atoms with E-state index >= 15 is 0 Å². The Hall–Kier alpha value is -2.46. The van der Waals surface area contributed by atoms with Crippen molar-refractivity contribution >= 4 is 11.8 Å². The normalized spacial score (nSPS) is 28.2. The fourth-order valence-corrected chi connectivity index (χ4v) is 2.84. The minimum absolute atomic E-state index is 0.171. The molecule has 11 nitrogen and oxygen atoms in total. The molecule has 23 heavy (non-hydrogen) atoms. The van der Waals surface area contributed by atoms with Crippen LogP contribution in [0.15, 0.2) is 5.11 Å². The molecule has 0 spiro atoms. The minimum Gasteiger partial charge on any atom is -0.366 e. The van der Waals surface area contributed by atoms with E-state index in [0.29, 0.717) is 0 Å². The third-order valence-corrected chi connectivity index (χ3v) is 3.62. The summed E-state index contributed by atoms with van der Waals surface area (Å²) < 4.78 is 17.1. The second kappa shape index (κ2) is 5.32. The molecule has 2 fully saturated rings. The van der Waals surface area contributed by atoms with Crippen LogP contribution in [0.2, 0.25) is 0 Å². The number of fused-ring (bicyclic) bond motifs is 1. The van der Waals surface area contributed by atoms with Gasteiger partial charge in [0.15, 0.2) is 11.5 Å². The van der Waals surface area contributed by atoms with Crippen LogP contribution in [-0.2, 0) is 14.2 Å². The third kappa shape index (κ3) is 2.55. The van der Waals surface area contributed by atoms with Crippen LogP contribution >= 0.6 is 0 Å². The molecule has 3 atom stereocenters. The molecule has 0 saturated carbocycles. The van der Waals surface area contributed by atoms with Crippen molar-refractivity contribution in [3.8, 4) is 0 Å². The number of nitrogens with one attached hydrogen (secondary N) is 1. The molecule has 2 aliphatic heterocycles. The first-order valence-electron chi connectivity index (χ1n) is 6.79. The van der Waals surface area contributed by atoms with Crippen molar-refractivity contribution in [3.05, 3.63) is 27.4 Å². The Morgan fingerprint density at radius 3 is 2.87 bits per heavy atom. The molecule has 11 heteroatoms. The number of amides is 2. The number of carbonyl (C=O) groups is 2. The van der Waals surface area contributed by atoms with Gasteiger partial charge >= 0.3 is 0 Å². The molecule has 2 aliphatic rings. The molecule has 0 aliphatic carbocycles. The Morgan fingerprint density at radius 1 is 1.48 bits per heavy atom. The first kappa shape index (κ1) is 15.4. The maximum atomic E-state index is 12.0. The fourth-order valence-electron chi connectivity index (χ4n) is 2.84. The van der Waals surface area contributed by atoms with Crippen molar-refractivity contribution in [1.82, 2.24) is 10.2 Å². The summed E-state index contributed by atoms with van der Waals surface area (Å²) in [5.74, 6) is -2.70. The van der Waals surface area contributed by atoms with Crippen molar-refractivity contribution in [2.45, 2.75) is 37.9 Å². The van der Waals surface area contributed by atoms with Gasteiger partial charge < -0.3 is 19.9 Å². The standard InChI is InChI=1S/C12H14N6O5/c1-12(2)22-4-3-21-9(8(4)23-12)6-5(11(20)17-18-14)7(10(13)19)16-15-6/h4,8-9H,3H2,1-2H3,(H2,13,19)(H,15,16). The smallest absolute Gasteiger partial charge is 0.269 e. The Labute approximate surface area is 129 Å². The van der Waals surface area contributed by atoms with Crippen molar-refractivity contribution in [2.24, 2.45) is 10.8 Å². The van der Waals surface area contributed by atoms with Crippen LogP contribution < -0.4 is 5.73 Å². The third-order valence-electron chi connectivity index (χ3n) is 3.62. The van der Waals surface area contributed by atoms with Crippen LogP contribution in [0.25, 0.3) is 10.4 Å². The molecule has 1 aromatic rings. The van der Waals surface area contributed by atoms with Crippen LogP contribution in [0, 0.1) is 0 Å². The summed E-state index contributed by atoms with van der Waals surface area (Å²) in [5, 5.41) is 9.30. The average molecular weight is 322 g/mol. The van der Waals surface area contributed by atoms with Gasteiger partial charge in [0.2, 0.25) is 0 Å². The second-order valence-corrected chi connectivity index (χ2v) is 5.61. The number of carbonyl (C=O) groups excluding carboxylic acids is 2. The monoisotopic (exact) mass is 322 g/mol. The van der Waals surface area contributed by atoms with Gasteiger partial charge in [-0.1, -0.05) is 0 Å². The highest BCUT2D eigenvalue weighted by molar-refractivity contribution is 6.06. The van der Waals surface area contributed by atoms with E-state index in [0.717, 1.165) is 0 Å². The van der Waals surface area contributed by atoms with Gasteiger partial charge in [0.25, 0.3) is 11.8 Å². The number of H-pyrrole nitrogens is 1. The molecular weight excluding hydrogens is 308 g/mol. The molecule has 0 radical (unpaired) electrons. The Kier molecular flexibility index (Phi) is 3.57. The summed E-state index contributed by atoms with van der Waals surface area (Å²) in [6, 6.07) is 0. The number of nitrogens with two attached hydrogens (primary N) is 1. The van der Waals surface area contributed by atoms with Crippen LogP contribution in [-0.4, -0.2) is 46.6 Å². The lowest BCUT2D eigenvalue weighted by atomic mass is 10.0. The summed E-state index contributed by atoms with van der Waals surface area (Å²) in [6.07, 6.45) is -1.54. The van der Waals surface area contributed by atoms with Gasteiger partial charge in [0.05, 0.1) is 17.9 Å². The van der Waals surface area contributed by atoms with E-state index < -0.39 is 29.8 Å². The number of ether oxygens (including phenoxy) is 3. The number of hydrogen-bond acceptors (Lipinski definition) is 6. The lowest BCUT2D eigenvalue weighted by Gasteiger charge is -2.21. The SMILES string of the molecule is CC1(C)OC2COC(c3[nH]nc(C(N)=O)c3C(=O)N=[N+]=[N-])C2O1. The van der Waals surface area contributed by atoms with Gasteiger partial charge in [-0.15, -0.1) is 0 Å². The molecule has 3 N–H and O–H groups in total. The van der Waals surface area contributed by atoms with E-state index in [-0.39, 0.29) is 29.7 Å². The summed E-state index contributed by atoms with van der Waals surface area (Å²) in [7, 11) is 0. The number of hydrogen-bond donors (Lipinski definition) is 2. The number of rotatable bonds is 3. The molecule has 122 valence electrons. The van der Waals surface area contributed by atoms with E-state index in [9.17, 15) is 9.59 Å². The number of azide groups is 1. The highest BCUT2D eigenvalue weighted by Crippen LogP contribution is 2.42. The number of aromatic amines is 1. The molecule has 3 rings (SSSR count). The lowest BCUT2D eigenvalue weighted by molar-refractivity contribution is -0.176. The fraction of sp³-hybridized carbons (Fsp3) is 0.583. The summed E-state index contributed by atoms with van der Waals surface area (Å²) in [5.41, 5.74) is 13.3. The number of aromatic nitrogens is 2. The Balaban J connectivity index is 2.02. The van der Waals surface area contributed by atoms with Crippen LogP contribution in [0.4, 0.5) is 0 Å². The first-order chi connectivity index (χ1) is 10.8. The van der Waals surface area contributed by atoms with E-state index in [1.807, 2.05) is 0 Å². The largest absolute Gasteiger partial charge is 0.366 e. The van der Waals surface area contributed by atoms with Gasteiger partial charge in [-0.25, -0.2) is 0 Å². The molecule has 2 saturated heterocycles. The molecule has 2 amide bonds. The molecule has 3 heterocycles. The van der Waals surface area contributed by atoms with Crippen molar-refractivity contribution < 1.29 is 23.8 Å². The van der Waals surface area contributed by atoms with Crippen molar-refractivity contribution in [3.63, 3.8) is 0 Å². The van der Waals surface area contributed by atoms with E-state index in [1.54, 1.807) is 13.8 Å². The minimum atomic E-state index is -0.977. The van der Waals surface area contributed by atoms with Gasteiger partial charge in [0, 0.05) is 4.91 Å². The highest BCUT2D eigenvalue weighted by Gasteiger charge is 2.52. The van der Waals surface area contributed by atoms with E-state index in [1.165, 1.54) is 0 Å². The van der Waals surface area contributed by atoms with Gasteiger partial charge in [-0.3, -0.25) is 14.7 Å². The second-order valence-electron chi connectivity index (χ2n) is 5.61. The van der Waals surface area contributed by atoms with E-state index in [4.69, 9.17) is 25.5 Å². The average Bonchev–Trinajstić information content (AvgIpc) is 3.09. The zero-order valence-corrected chi connectivity index (χ0v) is 12.3. The number of nitrogens with zero attached hydrogens (tertiary/aromatic N) is 4. The molecule has 0 aromatic carbocycles. The summed E-state index contributed by atoms with van der Waals surface area (Å²) >= 11 is 0. The van der Waals surface area contributed by atoms with Gasteiger partial charge in [-0.05, 0) is 24.5 Å². The summed E-state index contributed by atoms with van der Waals surface area (Å²) in [4.78, 5) is 25.9. The zero-order chi connectivity index (χ0) is 16.8. The van der Waals surface area contributed by atoms with E-state index in [2.05, 4.69) is 20.2 Å². The number of primary amides is 1. The van der Waals surface area contributed by atoms with Crippen LogP contribution in [0.5, 0.6) is 0 Å². The lowest BCUT2D eigenvalue weighted by Crippen LogP contribution is -2.26. The predicted molar refractivity (Wildman–Crippen MR) is 73.1 cm³/mol. The van der Waals surface area contributed by atoms with Crippen LogP contribution in [0.1, 0.15) is 46.5 Å².